The zero-order valence-corrected chi connectivity index (χ0v) is 13.2. The van der Waals surface area contributed by atoms with E-state index in [1.807, 2.05) is 13.8 Å². The van der Waals surface area contributed by atoms with Crippen LogP contribution in [0.15, 0.2) is 17.0 Å². The van der Waals surface area contributed by atoms with Crippen LogP contribution < -0.4 is 5.32 Å². The minimum Gasteiger partial charge on any atom is -0.352 e. The van der Waals surface area contributed by atoms with Crippen molar-refractivity contribution in [1.82, 2.24) is 5.32 Å². The molecule has 1 rings (SSSR count). The first-order valence-corrected chi connectivity index (χ1v) is 8.66. The quantitative estimate of drug-likeness (QED) is 0.640. The molecule has 0 atom stereocenters. The molecule has 0 heterocycles. The molecule has 0 aromatic heterocycles. The number of hydrogen-bond donors (Lipinski definition) is 1. The maximum Gasteiger partial charge on any atom is 0.264 e. The van der Waals surface area contributed by atoms with Crippen molar-refractivity contribution in [3.8, 4) is 0 Å². The zero-order chi connectivity index (χ0) is 16.2. The average Bonchev–Trinajstić information content (AvgIpc) is 2.32. The second-order valence-electron chi connectivity index (χ2n) is 4.96. The van der Waals surface area contributed by atoms with Crippen LogP contribution in [0.2, 0.25) is 0 Å². The fourth-order valence-corrected chi connectivity index (χ4v) is 2.63. The van der Waals surface area contributed by atoms with Crippen molar-refractivity contribution in [2.24, 2.45) is 5.92 Å². The lowest BCUT2D eigenvalue weighted by Gasteiger charge is -2.09. The van der Waals surface area contributed by atoms with Crippen LogP contribution in [0.25, 0.3) is 0 Å². The smallest absolute Gasteiger partial charge is 0.264 e. The van der Waals surface area contributed by atoms with Crippen LogP contribution in [0.4, 0.5) is 8.78 Å². The summed E-state index contributed by atoms with van der Waals surface area (Å²) in [7, 11) is 0.640. The number of nitrogens with one attached hydrogen (secondary N) is 1. The molecule has 1 aromatic rings. The van der Waals surface area contributed by atoms with E-state index in [-0.39, 0.29) is 6.54 Å². The Balaban J connectivity index is 2.94. The van der Waals surface area contributed by atoms with Crippen LogP contribution in [0, 0.1) is 17.6 Å². The lowest BCUT2D eigenvalue weighted by atomic mass is 10.1. The topological polar surface area (TPSA) is 63.2 Å². The maximum atomic E-state index is 14.0. The molecule has 0 saturated carbocycles. The van der Waals surface area contributed by atoms with Gasteiger partial charge in [-0.3, -0.25) is 4.79 Å². The fourth-order valence-electron chi connectivity index (χ4n) is 1.73. The van der Waals surface area contributed by atoms with Gasteiger partial charge in [0.2, 0.25) is 0 Å². The van der Waals surface area contributed by atoms with Gasteiger partial charge in [0.15, 0.2) is 5.82 Å². The third-order valence-corrected chi connectivity index (χ3v) is 4.13. The van der Waals surface area contributed by atoms with Gasteiger partial charge in [0.05, 0.1) is 0 Å². The summed E-state index contributed by atoms with van der Waals surface area (Å²) in [5, 5.41) is 2.36. The minimum absolute atomic E-state index is 0.244. The number of hydrogen-bond acceptors (Lipinski definition) is 3. The van der Waals surface area contributed by atoms with E-state index < -0.39 is 37.1 Å². The van der Waals surface area contributed by atoms with Crippen LogP contribution >= 0.6 is 10.7 Å². The van der Waals surface area contributed by atoms with Crippen molar-refractivity contribution < 1.29 is 22.0 Å². The van der Waals surface area contributed by atoms with Crippen LogP contribution in [0.5, 0.6) is 0 Å². The number of halogens is 3. The highest BCUT2D eigenvalue weighted by molar-refractivity contribution is 8.13. The molecule has 8 heteroatoms. The highest BCUT2D eigenvalue weighted by atomic mass is 35.7. The molecular formula is C13H16ClF2NO3S. The van der Waals surface area contributed by atoms with Gasteiger partial charge in [-0.15, -0.1) is 0 Å². The molecule has 0 fully saturated rings. The largest absolute Gasteiger partial charge is 0.352 e. The second kappa shape index (κ2) is 7.17. The lowest BCUT2D eigenvalue weighted by Crippen LogP contribution is -2.27. The molecule has 21 heavy (non-hydrogen) atoms. The monoisotopic (exact) mass is 339 g/mol. The Morgan fingerprint density at radius 2 is 1.95 bits per heavy atom. The number of carbonyl (C=O) groups excluding carboxylic acids is 1. The van der Waals surface area contributed by atoms with Crippen molar-refractivity contribution >= 4 is 25.6 Å². The predicted molar refractivity (Wildman–Crippen MR) is 75.8 cm³/mol. The van der Waals surface area contributed by atoms with Gasteiger partial charge in [0, 0.05) is 17.2 Å². The van der Waals surface area contributed by atoms with Crippen molar-refractivity contribution in [3.05, 3.63) is 29.3 Å². The Morgan fingerprint density at radius 1 is 1.33 bits per heavy atom. The Hall–Kier alpha value is -1.21. The molecule has 1 aromatic carbocycles. The molecule has 118 valence electrons. The Morgan fingerprint density at radius 3 is 2.48 bits per heavy atom. The standard InChI is InChI=1S/C13H16ClF2NO3S/c1-8(2)4-3-7-17-13(18)11-9(15)5-6-10(12(11)16)21(14,19)20/h5-6,8H,3-4,7H2,1-2H3,(H,17,18). The van der Waals surface area contributed by atoms with E-state index in [0.717, 1.165) is 6.42 Å². The van der Waals surface area contributed by atoms with Crippen molar-refractivity contribution in [2.45, 2.75) is 31.6 Å². The van der Waals surface area contributed by atoms with E-state index in [0.29, 0.717) is 24.5 Å². The maximum absolute atomic E-state index is 14.0. The van der Waals surface area contributed by atoms with E-state index in [4.69, 9.17) is 10.7 Å². The van der Waals surface area contributed by atoms with Gasteiger partial charge >= 0.3 is 0 Å². The summed E-state index contributed by atoms with van der Waals surface area (Å²) >= 11 is 0. The highest BCUT2D eigenvalue weighted by Gasteiger charge is 2.25. The fraction of sp³-hybridized carbons (Fsp3) is 0.462. The lowest BCUT2D eigenvalue weighted by molar-refractivity contribution is 0.0943. The molecule has 0 spiro atoms. The number of amides is 1. The Labute approximate surface area is 126 Å². The summed E-state index contributed by atoms with van der Waals surface area (Å²) in [5.74, 6) is -3.18. The van der Waals surface area contributed by atoms with Crippen LogP contribution in [-0.4, -0.2) is 20.9 Å². The summed E-state index contributed by atoms with van der Waals surface area (Å²) in [6.45, 7) is 4.26. The number of rotatable bonds is 6. The van der Waals surface area contributed by atoms with Gasteiger partial charge in [-0.2, -0.15) is 0 Å². The first kappa shape index (κ1) is 17.8. The van der Waals surface area contributed by atoms with Gasteiger partial charge in [0.25, 0.3) is 15.0 Å². The van der Waals surface area contributed by atoms with E-state index in [9.17, 15) is 22.0 Å². The van der Waals surface area contributed by atoms with Gasteiger partial charge in [-0.1, -0.05) is 13.8 Å². The number of benzene rings is 1. The molecule has 0 aliphatic heterocycles. The van der Waals surface area contributed by atoms with Crippen molar-refractivity contribution in [2.75, 3.05) is 6.54 Å². The molecule has 1 N–H and O–H groups in total. The van der Waals surface area contributed by atoms with E-state index >= 15 is 0 Å². The van der Waals surface area contributed by atoms with Crippen LogP contribution in [0.1, 0.15) is 37.0 Å². The predicted octanol–water partition coefficient (Wildman–Crippen LogP) is 3.06. The van der Waals surface area contributed by atoms with Gasteiger partial charge in [-0.05, 0) is 30.9 Å². The molecule has 0 bridgehead atoms. The van der Waals surface area contributed by atoms with Crippen molar-refractivity contribution in [1.29, 1.82) is 0 Å². The third-order valence-electron chi connectivity index (χ3n) is 2.79. The van der Waals surface area contributed by atoms with E-state index in [1.54, 1.807) is 0 Å². The Bertz CT molecular complexity index is 633. The molecule has 0 aliphatic rings. The van der Waals surface area contributed by atoms with Gasteiger partial charge in [0.1, 0.15) is 16.3 Å². The summed E-state index contributed by atoms with van der Waals surface area (Å²) in [4.78, 5) is 10.9. The van der Waals surface area contributed by atoms with Gasteiger partial charge in [-0.25, -0.2) is 17.2 Å². The van der Waals surface area contributed by atoms with Crippen LogP contribution in [-0.2, 0) is 9.05 Å². The van der Waals surface area contributed by atoms with Crippen LogP contribution in [0.3, 0.4) is 0 Å². The van der Waals surface area contributed by atoms with Crippen molar-refractivity contribution in [3.63, 3.8) is 0 Å². The SMILES string of the molecule is CC(C)CCCNC(=O)c1c(F)ccc(S(=O)(=O)Cl)c1F. The summed E-state index contributed by atoms with van der Waals surface area (Å²) in [6.07, 6.45) is 1.50. The first-order valence-electron chi connectivity index (χ1n) is 6.35. The molecule has 0 radical (unpaired) electrons. The summed E-state index contributed by atoms with van der Waals surface area (Å²) in [6, 6.07) is 1.38. The molecule has 0 aliphatic carbocycles. The summed E-state index contributed by atoms with van der Waals surface area (Å²) < 4.78 is 49.8. The highest BCUT2D eigenvalue weighted by Crippen LogP contribution is 2.23. The third kappa shape index (κ3) is 4.93. The van der Waals surface area contributed by atoms with E-state index in [1.165, 1.54) is 0 Å². The zero-order valence-electron chi connectivity index (χ0n) is 11.6. The second-order valence-corrected chi connectivity index (χ2v) is 7.50. The first-order chi connectivity index (χ1) is 9.64. The minimum atomic E-state index is -4.39. The molecule has 1 amide bonds. The molecule has 4 nitrogen and oxygen atoms in total. The van der Waals surface area contributed by atoms with Gasteiger partial charge < -0.3 is 5.32 Å². The normalized spacial score (nSPS) is 11.7. The average molecular weight is 340 g/mol. The van der Waals surface area contributed by atoms with E-state index in [2.05, 4.69) is 5.32 Å². The Kier molecular flexibility index (Phi) is 6.10. The molecule has 0 saturated heterocycles. The molecule has 0 unspecified atom stereocenters. The summed E-state index contributed by atoms with van der Waals surface area (Å²) in [5.41, 5.74) is -0.943. The number of carbonyl (C=O) groups is 1. The molecular weight excluding hydrogens is 324 g/mol.